The summed E-state index contributed by atoms with van der Waals surface area (Å²) in [7, 11) is 1.71. The average Bonchev–Trinajstić information content (AvgIpc) is 2.37. The first-order chi connectivity index (χ1) is 9.28. The molecule has 0 amide bonds. The maximum Gasteiger partial charge on any atom is 0.159 e. The molecule has 1 aromatic heterocycles. The summed E-state index contributed by atoms with van der Waals surface area (Å²) in [6.45, 7) is 9.69. The summed E-state index contributed by atoms with van der Waals surface area (Å²) >= 11 is 5.12. The fraction of sp³-hybridized carbons (Fsp3) is 0.643. The number of hydrogen-bond donors (Lipinski definition) is 2. The summed E-state index contributed by atoms with van der Waals surface area (Å²) in [5.41, 5.74) is 8.50. The zero-order valence-electron chi connectivity index (χ0n) is 12.9. The molecule has 0 saturated heterocycles. The molecule has 1 rings (SSSR count). The van der Waals surface area contributed by atoms with Crippen LogP contribution in [-0.2, 0) is 4.74 Å². The van der Waals surface area contributed by atoms with Crippen molar-refractivity contribution in [3.63, 3.8) is 0 Å². The van der Waals surface area contributed by atoms with Gasteiger partial charge < -0.3 is 15.8 Å². The van der Waals surface area contributed by atoms with Crippen LogP contribution in [-0.4, -0.2) is 35.4 Å². The summed E-state index contributed by atoms with van der Waals surface area (Å²) in [5.74, 6) is 0.658. The maximum atomic E-state index is 5.81. The molecule has 0 saturated carbocycles. The van der Waals surface area contributed by atoms with E-state index in [1.54, 1.807) is 7.11 Å². The summed E-state index contributed by atoms with van der Waals surface area (Å²) in [6, 6.07) is 0. The molecule has 6 heteroatoms. The molecular formula is C14H24N4OS. The molecule has 20 heavy (non-hydrogen) atoms. The third-order valence-corrected chi connectivity index (χ3v) is 3.62. The molecule has 0 atom stereocenters. The van der Waals surface area contributed by atoms with Gasteiger partial charge in [-0.05, 0) is 31.2 Å². The van der Waals surface area contributed by atoms with Crippen molar-refractivity contribution in [2.45, 2.75) is 34.1 Å². The quantitative estimate of drug-likeness (QED) is 0.752. The van der Waals surface area contributed by atoms with Crippen molar-refractivity contribution in [2.24, 2.45) is 11.1 Å². The molecule has 0 aliphatic rings. The summed E-state index contributed by atoms with van der Waals surface area (Å²) < 4.78 is 5.13. The highest BCUT2D eigenvalue weighted by molar-refractivity contribution is 7.80. The second kappa shape index (κ2) is 6.95. The Labute approximate surface area is 126 Å². The molecular weight excluding hydrogens is 272 g/mol. The van der Waals surface area contributed by atoms with E-state index in [0.29, 0.717) is 10.8 Å². The number of rotatable bonds is 7. The number of aryl methyl sites for hydroxylation is 1. The lowest BCUT2D eigenvalue weighted by atomic mass is 9.89. The van der Waals surface area contributed by atoms with Crippen LogP contribution in [0.25, 0.3) is 0 Å². The van der Waals surface area contributed by atoms with E-state index in [2.05, 4.69) is 29.4 Å². The smallest absolute Gasteiger partial charge is 0.159 e. The van der Waals surface area contributed by atoms with Crippen LogP contribution in [0.1, 0.15) is 37.1 Å². The van der Waals surface area contributed by atoms with Gasteiger partial charge in [-0.25, -0.2) is 0 Å². The minimum absolute atomic E-state index is 0.0873. The van der Waals surface area contributed by atoms with Gasteiger partial charge in [-0.1, -0.05) is 26.1 Å². The molecule has 0 spiro atoms. The number of thiocarbonyl (C=S) groups is 1. The Morgan fingerprint density at radius 2 is 2.00 bits per heavy atom. The van der Waals surface area contributed by atoms with E-state index < -0.39 is 0 Å². The van der Waals surface area contributed by atoms with Crippen LogP contribution in [0.4, 0.5) is 5.82 Å². The fourth-order valence-electron chi connectivity index (χ4n) is 1.82. The van der Waals surface area contributed by atoms with Gasteiger partial charge in [0.05, 0.1) is 11.3 Å². The van der Waals surface area contributed by atoms with E-state index in [-0.39, 0.29) is 5.41 Å². The lowest BCUT2D eigenvalue weighted by Gasteiger charge is -2.25. The van der Waals surface area contributed by atoms with Crippen molar-refractivity contribution >= 4 is 23.0 Å². The second-order valence-corrected chi connectivity index (χ2v) is 6.20. The molecule has 0 fully saturated rings. The van der Waals surface area contributed by atoms with Crippen molar-refractivity contribution in [1.82, 2.24) is 10.2 Å². The van der Waals surface area contributed by atoms with Gasteiger partial charge in [-0.15, -0.1) is 5.10 Å². The van der Waals surface area contributed by atoms with Crippen LogP contribution < -0.4 is 11.1 Å². The molecule has 1 aromatic rings. The van der Waals surface area contributed by atoms with E-state index in [1.807, 2.05) is 13.8 Å². The van der Waals surface area contributed by atoms with Gasteiger partial charge in [0.25, 0.3) is 0 Å². The molecule has 5 nitrogen and oxygen atoms in total. The summed E-state index contributed by atoms with van der Waals surface area (Å²) in [4.78, 5) is 0.345. The Morgan fingerprint density at radius 3 is 2.55 bits per heavy atom. The minimum atomic E-state index is 0.0873. The standard InChI is InChI=1S/C14H24N4OS/c1-9-10(2)17-18-13(11(9)12(15)20)16-8-14(3,4)6-7-19-5/h6-8H2,1-5H3,(H2,15,20)(H,16,18). The van der Waals surface area contributed by atoms with Crippen molar-refractivity contribution in [3.8, 4) is 0 Å². The first-order valence-electron chi connectivity index (χ1n) is 6.65. The average molecular weight is 296 g/mol. The number of ether oxygens (including phenoxy) is 1. The summed E-state index contributed by atoms with van der Waals surface area (Å²) in [6.07, 6.45) is 0.956. The lowest BCUT2D eigenvalue weighted by molar-refractivity contribution is 0.157. The number of aromatic nitrogens is 2. The minimum Gasteiger partial charge on any atom is -0.389 e. The van der Waals surface area contributed by atoms with Crippen LogP contribution in [0.2, 0.25) is 0 Å². The molecule has 3 N–H and O–H groups in total. The van der Waals surface area contributed by atoms with E-state index in [1.165, 1.54) is 0 Å². The molecule has 0 unspecified atom stereocenters. The van der Waals surface area contributed by atoms with Crippen molar-refractivity contribution in [2.75, 3.05) is 25.6 Å². The van der Waals surface area contributed by atoms with E-state index in [9.17, 15) is 0 Å². The van der Waals surface area contributed by atoms with Crippen LogP contribution in [0.3, 0.4) is 0 Å². The van der Waals surface area contributed by atoms with Crippen molar-refractivity contribution < 1.29 is 4.74 Å². The first kappa shape index (κ1) is 16.8. The first-order valence-corrected chi connectivity index (χ1v) is 7.06. The number of methoxy groups -OCH3 is 1. The van der Waals surface area contributed by atoms with Crippen LogP contribution in [0.5, 0.6) is 0 Å². The molecule has 0 bridgehead atoms. The van der Waals surface area contributed by atoms with Crippen LogP contribution >= 0.6 is 12.2 Å². The van der Waals surface area contributed by atoms with E-state index in [4.69, 9.17) is 22.7 Å². The van der Waals surface area contributed by atoms with E-state index in [0.717, 1.165) is 36.4 Å². The molecule has 0 aliphatic carbocycles. The highest BCUT2D eigenvalue weighted by Gasteiger charge is 2.20. The van der Waals surface area contributed by atoms with Crippen LogP contribution in [0, 0.1) is 19.3 Å². The third kappa shape index (κ3) is 4.38. The lowest BCUT2D eigenvalue weighted by Crippen LogP contribution is -2.27. The number of anilines is 1. The van der Waals surface area contributed by atoms with Gasteiger partial charge in [0, 0.05) is 20.3 Å². The van der Waals surface area contributed by atoms with Gasteiger partial charge in [0.15, 0.2) is 5.82 Å². The van der Waals surface area contributed by atoms with Gasteiger partial charge in [0.1, 0.15) is 4.99 Å². The number of nitrogens with zero attached hydrogens (tertiary/aromatic N) is 2. The Balaban J connectivity index is 2.88. The van der Waals surface area contributed by atoms with E-state index >= 15 is 0 Å². The molecule has 0 aromatic carbocycles. The monoisotopic (exact) mass is 296 g/mol. The SMILES string of the molecule is COCCC(C)(C)CNc1nnc(C)c(C)c1C(N)=S. The third-order valence-electron chi connectivity index (χ3n) is 3.42. The predicted octanol–water partition coefficient (Wildman–Crippen LogP) is 2.20. The largest absolute Gasteiger partial charge is 0.389 e. The fourth-order valence-corrected chi connectivity index (χ4v) is 2.07. The van der Waals surface area contributed by atoms with Crippen molar-refractivity contribution in [3.05, 3.63) is 16.8 Å². The maximum absolute atomic E-state index is 5.81. The summed E-state index contributed by atoms with van der Waals surface area (Å²) in [5, 5.41) is 11.6. The Kier molecular flexibility index (Phi) is 5.83. The van der Waals surface area contributed by atoms with Crippen LogP contribution in [0.15, 0.2) is 0 Å². The number of hydrogen-bond acceptors (Lipinski definition) is 5. The predicted molar refractivity (Wildman–Crippen MR) is 86.2 cm³/mol. The van der Waals surface area contributed by atoms with Gasteiger partial charge in [-0.3, -0.25) is 0 Å². The number of nitrogens with one attached hydrogen (secondary N) is 1. The Morgan fingerprint density at radius 1 is 1.35 bits per heavy atom. The van der Waals surface area contributed by atoms with Gasteiger partial charge >= 0.3 is 0 Å². The van der Waals surface area contributed by atoms with Gasteiger partial charge in [0.2, 0.25) is 0 Å². The molecule has 0 aliphatic heterocycles. The second-order valence-electron chi connectivity index (χ2n) is 5.76. The molecule has 112 valence electrons. The molecule has 0 radical (unpaired) electrons. The molecule has 1 heterocycles. The Hall–Kier alpha value is -1.27. The Bertz CT molecular complexity index is 488. The topological polar surface area (TPSA) is 73.1 Å². The van der Waals surface area contributed by atoms with Gasteiger partial charge in [-0.2, -0.15) is 5.10 Å². The zero-order valence-corrected chi connectivity index (χ0v) is 13.7. The highest BCUT2D eigenvalue weighted by Crippen LogP contribution is 2.23. The highest BCUT2D eigenvalue weighted by atomic mass is 32.1. The zero-order chi connectivity index (χ0) is 15.3. The number of nitrogens with two attached hydrogens (primary N) is 1. The van der Waals surface area contributed by atoms with Crippen molar-refractivity contribution in [1.29, 1.82) is 0 Å². The normalized spacial score (nSPS) is 11.4.